The highest BCUT2D eigenvalue weighted by molar-refractivity contribution is 9.10. The van der Waals surface area contributed by atoms with E-state index in [4.69, 9.17) is 9.15 Å². The summed E-state index contributed by atoms with van der Waals surface area (Å²) in [7, 11) is 0. The summed E-state index contributed by atoms with van der Waals surface area (Å²) < 4.78 is 11.2. The number of nitrogens with zero attached hydrogens (tertiary/aromatic N) is 1. The lowest BCUT2D eigenvalue weighted by atomic mass is 10.2. The first-order chi connectivity index (χ1) is 17.5. The van der Waals surface area contributed by atoms with Crippen molar-refractivity contribution < 1.29 is 23.5 Å². The lowest BCUT2D eigenvalue weighted by Crippen LogP contribution is -2.32. The summed E-state index contributed by atoms with van der Waals surface area (Å²) in [6.07, 6.45) is 4.26. The summed E-state index contributed by atoms with van der Waals surface area (Å²) in [6.45, 7) is 0. The van der Waals surface area contributed by atoms with Crippen molar-refractivity contribution in [3.05, 3.63) is 116 Å². The number of hydrazone groups is 1. The molecule has 2 amide bonds. The first-order valence-electron chi connectivity index (χ1n) is 10.5. The molecule has 8 nitrogen and oxygen atoms in total. The molecule has 0 aliphatic carbocycles. The number of halogens is 1. The number of nitrogens with one attached hydrogen (secondary N) is 2. The molecule has 2 aromatic carbocycles. The van der Waals surface area contributed by atoms with Gasteiger partial charge in [0, 0.05) is 20.5 Å². The average Bonchev–Trinajstić information content (AvgIpc) is 3.60. The maximum atomic E-state index is 12.9. The Labute approximate surface area is 218 Å². The van der Waals surface area contributed by atoms with Crippen LogP contribution in [0.15, 0.2) is 104 Å². The standard InChI is InChI=1S/C26H18BrN3O5S/c27-19-10-11-22(35-26(33)23-9-4-12-34-23)18(14-19)16-28-30-25(32)21(15-20-8-5-13-36-20)29-24(31)17-6-2-1-3-7-17/h1-16H,(H,29,31)(H,30,32). The number of thiophene rings is 1. The maximum absolute atomic E-state index is 12.9. The van der Waals surface area contributed by atoms with E-state index in [9.17, 15) is 14.4 Å². The number of carbonyl (C=O) groups excluding carboxylic acids is 3. The third-order valence-electron chi connectivity index (χ3n) is 4.63. The van der Waals surface area contributed by atoms with Gasteiger partial charge >= 0.3 is 5.97 Å². The van der Waals surface area contributed by atoms with Crippen molar-refractivity contribution in [2.75, 3.05) is 0 Å². The molecule has 4 rings (SSSR count). The van der Waals surface area contributed by atoms with Crippen LogP contribution in [0, 0.1) is 0 Å². The van der Waals surface area contributed by atoms with Crippen molar-refractivity contribution in [3.8, 4) is 5.75 Å². The SMILES string of the molecule is O=C(NN=Cc1cc(Br)ccc1OC(=O)c1ccco1)C(=Cc1cccs1)NC(=O)c1ccccc1. The normalized spacial score (nSPS) is 11.3. The Morgan fingerprint density at radius 1 is 1.00 bits per heavy atom. The number of hydrogen-bond acceptors (Lipinski definition) is 7. The van der Waals surface area contributed by atoms with Crippen LogP contribution >= 0.6 is 27.3 Å². The van der Waals surface area contributed by atoms with Crippen molar-refractivity contribution in [1.82, 2.24) is 10.7 Å². The van der Waals surface area contributed by atoms with Crippen LogP contribution in [0.3, 0.4) is 0 Å². The minimum Gasteiger partial charge on any atom is -0.457 e. The fourth-order valence-electron chi connectivity index (χ4n) is 2.94. The van der Waals surface area contributed by atoms with Crippen molar-refractivity contribution in [3.63, 3.8) is 0 Å². The predicted octanol–water partition coefficient (Wildman–Crippen LogP) is 5.24. The third kappa shape index (κ3) is 6.65. The Bertz CT molecular complexity index is 1420. The molecular weight excluding hydrogens is 546 g/mol. The van der Waals surface area contributed by atoms with Crippen LogP contribution in [-0.4, -0.2) is 24.0 Å². The van der Waals surface area contributed by atoms with E-state index in [1.807, 2.05) is 17.5 Å². The molecule has 0 unspecified atom stereocenters. The number of rotatable bonds is 8. The zero-order chi connectivity index (χ0) is 25.3. The number of esters is 1. The van der Waals surface area contributed by atoms with E-state index in [1.54, 1.807) is 60.7 Å². The van der Waals surface area contributed by atoms with Crippen LogP contribution in [0.2, 0.25) is 0 Å². The monoisotopic (exact) mass is 563 g/mol. The van der Waals surface area contributed by atoms with Gasteiger partial charge in [0.25, 0.3) is 11.8 Å². The van der Waals surface area contributed by atoms with Crippen molar-refractivity contribution in [2.24, 2.45) is 5.10 Å². The summed E-state index contributed by atoms with van der Waals surface area (Å²) in [6, 6.07) is 20.2. The summed E-state index contributed by atoms with van der Waals surface area (Å²) in [4.78, 5) is 38.6. The van der Waals surface area contributed by atoms with E-state index < -0.39 is 17.8 Å². The number of amides is 2. The van der Waals surface area contributed by atoms with Crippen LogP contribution in [0.5, 0.6) is 5.75 Å². The largest absolute Gasteiger partial charge is 0.457 e. The summed E-state index contributed by atoms with van der Waals surface area (Å²) in [5, 5.41) is 8.49. The van der Waals surface area contributed by atoms with E-state index in [0.717, 1.165) is 4.88 Å². The topological polar surface area (TPSA) is 110 Å². The lowest BCUT2D eigenvalue weighted by molar-refractivity contribution is -0.117. The van der Waals surface area contributed by atoms with Gasteiger partial charge in [-0.1, -0.05) is 40.2 Å². The smallest absolute Gasteiger partial charge is 0.379 e. The molecule has 0 bridgehead atoms. The second-order valence-corrected chi connectivity index (χ2v) is 9.04. The zero-order valence-corrected chi connectivity index (χ0v) is 20.9. The number of carbonyl (C=O) groups is 3. The fourth-order valence-corrected chi connectivity index (χ4v) is 3.97. The Balaban J connectivity index is 1.50. The second kappa shape index (κ2) is 11.9. The van der Waals surface area contributed by atoms with Crippen LogP contribution in [0.1, 0.15) is 31.4 Å². The molecule has 4 aromatic rings. The fraction of sp³-hybridized carbons (Fsp3) is 0. The van der Waals surface area contributed by atoms with E-state index in [1.165, 1.54) is 29.9 Å². The molecule has 0 aliphatic heterocycles. The molecule has 0 atom stereocenters. The highest BCUT2D eigenvalue weighted by atomic mass is 79.9. The van der Waals surface area contributed by atoms with Gasteiger partial charge in [0.2, 0.25) is 5.76 Å². The summed E-state index contributed by atoms with van der Waals surface area (Å²) in [5.74, 6) is -1.48. The van der Waals surface area contributed by atoms with E-state index in [0.29, 0.717) is 15.6 Å². The van der Waals surface area contributed by atoms with Crippen molar-refractivity contribution >= 4 is 57.3 Å². The summed E-state index contributed by atoms with van der Waals surface area (Å²) in [5.41, 5.74) is 3.25. The molecule has 10 heteroatoms. The number of furan rings is 1. The highest BCUT2D eigenvalue weighted by Gasteiger charge is 2.16. The Morgan fingerprint density at radius 2 is 1.83 bits per heavy atom. The number of ether oxygens (including phenoxy) is 1. The third-order valence-corrected chi connectivity index (χ3v) is 5.94. The molecule has 0 aliphatic rings. The Morgan fingerprint density at radius 3 is 2.56 bits per heavy atom. The van der Waals surface area contributed by atoms with Crippen LogP contribution in [0.4, 0.5) is 0 Å². The maximum Gasteiger partial charge on any atom is 0.379 e. The van der Waals surface area contributed by atoms with Crippen LogP contribution in [0.25, 0.3) is 6.08 Å². The minimum absolute atomic E-state index is 0.0159. The second-order valence-electron chi connectivity index (χ2n) is 7.14. The quantitative estimate of drug-likeness (QED) is 0.100. The van der Waals surface area contributed by atoms with Gasteiger partial charge in [-0.05, 0) is 60.0 Å². The van der Waals surface area contributed by atoms with Gasteiger partial charge in [0.1, 0.15) is 11.4 Å². The molecule has 0 saturated heterocycles. The highest BCUT2D eigenvalue weighted by Crippen LogP contribution is 2.23. The van der Waals surface area contributed by atoms with Gasteiger partial charge in [0.15, 0.2) is 0 Å². The number of benzene rings is 2. The van der Waals surface area contributed by atoms with E-state index in [-0.39, 0.29) is 17.2 Å². The molecule has 2 heterocycles. The van der Waals surface area contributed by atoms with Gasteiger partial charge in [0.05, 0.1) is 12.5 Å². The van der Waals surface area contributed by atoms with Gasteiger partial charge in [-0.2, -0.15) is 5.10 Å². The molecule has 180 valence electrons. The van der Waals surface area contributed by atoms with Crippen molar-refractivity contribution in [1.29, 1.82) is 0 Å². The molecule has 2 N–H and O–H groups in total. The summed E-state index contributed by atoms with van der Waals surface area (Å²) >= 11 is 4.78. The molecule has 2 aromatic heterocycles. The predicted molar refractivity (Wildman–Crippen MR) is 140 cm³/mol. The minimum atomic E-state index is -0.675. The Hall–Kier alpha value is -4.28. The van der Waals surface area contributed by atoms with E-state index >= 15 is 0 Å². The Kier molecular flexibility index (Phi) is 8.22. The van der Waals surface area contributed by atoms with Gasteiger partial charge in [-0.25, -0.2) is 10.2 Å². The first-order valence-corrected chi connectivity index (χ1v) is 12.2. The molecule has 36 heavy (non-hydrogen) atoms. The van der Waals surface area contributed by atoms with E-state index in [2.05, 4.69) is 31.8 Å². The van der Waals surface area contributed by atoms with Crippen molar-refractivity contribution in [2.45, 2.75) is 0 Å². The van der Waals surface area contributed by atoms with Gasteiger partial charge in [-0.3, -0.25) is 9.59 Å². The van der Waals surface area contributed by atoms with Crippen LogP contribution in [-0.2, 0) is 4.79 Å². The zero-order valence-electron chi connectivity index (χ0n) is 18.5. The lowest BCUT2D eigenvalue weighted by Gasteiger charge is -2.09. The van der Waals surface area contributed by atoms with Gasteiger partial charge in [-0.15, -0.1) is 11.3 Å². The molecule has 0 radical (unpaired) electrons. The molecule has 0 saturated carbocycles. The van der Waals surface area contributed by atoms with Gasteiger partial charge < -0.3 is 14.5 Å². The molecule has 0 fully saturated rings. The number of hydrogen-bond donors (Lipinski definition) is 2. The first kappa shape index (κ1) is 24.8. The average molecular weight is 564 g/mol. The van der Waals surface area contributed by atoms with Crippen LogP contribution < -0.4 is 15.5 Å². The molecule has 0 spiro atoms. The molecular formula is C26H18BrN3O5S.